The molecule has 100 valence electrons. The normalized spacial score (nSPS) is 20.2. The lowest BCUT2D eigenvalue weighted by Gasteiger charge is -2.25. The second-order valence-electron chi connectivity index (χ2n) is 5.09. The Morgan fingerprint density at radius 3 is 2.53 bits per heavy atom. The van der Waals surface area contributed by atoms with Gasteiger partial charge < -0.3 is 10.1 Å². The average Bonchev–Trinajstić information content (AvgIpc) is 2.82. The van der Waals surface area contributed by atoms with Gasteiger partial charge in [-0.1, -0.05) is 26.2 Å². The van der Waals surface area contributed by atoms with E-state index in [4.69, 9.17) is 4.74 Å². The van der Waals surface area contributed by atoms with Gasteiger partial charge in [0.2, 0.25) is 0 Å². The molecule has 3 heteroatoms. The smallest absolute Gasteiger partial charge is 0.323 e. The minimum absolute atomic E-state index is 0.0841. The van der Waals surface area contributed by atoms with Gasteiger partial charge in [-0.15, -0.1) is 0 Å². The lowest BCUT2D eigenvalue weighted by atomic mass is 9.98. The molecular weight excluding hydrogens is 214 g/mol. The quantitative estimate of drug-likeness (QED) is 0.697. The fourth-order valence-corrected chi connectivity index (χ4v) is 2.71. The van der Waals surface area contributed by atoms with E-state index in [-0.39, 0.29) is 12.0 Å². The van der Waals surface area contributed by atoms with E-state index in [1.807, 2.05) is 6.92 Å². The summed E-state index contributed by atoms with van der Waals surface area (Å²) in [6.45, 7) is 6.64. The Kier molecular flexibility index (Phi) is 6.56. The van der Waals surface area contributed by atoms with Crippen LogP contribution in [-0.2, 0) is 9.53 Å². The lowest BCUT2D eigenvalue weighted by Crippen LogP contribution is -2.45. The van der Waals surface area contributed by atoms with Crippen molar-refractivity contribution >= 4 is 5.97 Å². The number of hydrogen-bond acceptors (Lipinski definition) is 3. The van der Waals surface area contributed by atoms with Crippen LogP contribution in [0.5, 0.6) is 0 Å². The van der Waals surface area contributed by atoms with Crippen LogP contribution in [0.25, 0.3) is 0 Å². The molecule has 1 fully saturated rings. The summed E-state index contributed by atoms with van der Waals surface area (Å²) >= 11 is 0. The first-order valence-corrected chi connectivity index (χ1v) is 7.11. The first kappa shape index (κ1) is 14.5. The molecule has 1 rings (SSSR count). The summed E-state index contributed by atoms with van der Waals surface area (Å²) < 4.78 is 5.12. The predicted octanol–water partition coefficient (Wildman–Crippen LogP) is 2.89. The van der Waals surface area contributed by atoms with E-state index in [2.05, 4.69) is 19.2 Å². The summed E-state index contributed by atoms with van der Waals surface area (Å²) in [4.78, 5) is 11.8. The van der Waals surface area contributed by atoms with E-state index in [9.17, 15) is 4.79 Å². The molecule has 0 aliphatic heterocycles. The molecule has 1 aliphatic rings. The third-order valence-corrected chi connectivity index (χ3v) is 3.72. The summed E-state index contributed by atoms with van der Waals surface area (Å²) in [7, 11) is 0. The molecule has 0 aromatic carbocycles. The number of nitrogens with one attached hydrogen (secondary N) is 1. The molecule has 0 aromatic heterocycles. The summed E-state index contributed by atoms with van der Waals surface area (Å²) in [6.07, 6.45) is 7.17. The summed E-state index contributed by atoms with van der Waals surface area (Å²) in [5.74, 6) is 0.656. The second-order valence-corrected chi connectivity index (χ2v) is 5.09. The number of esters is 1. The Hall–Kier alpha value is -0.570. The molecule has 0 aromatic rings. The minimum Gasteiger partial charge on any atom is -0.465 e. The Morgan fingerprint density at radius 2 is 2.00 bits per heavy atom. The highest BCUT2D eigenvalue weighted by Gasteiger charge is 2.26. The minimum atomic E-state index is -0.115. The van der Waals surface area contributed by atoms with Crippen molar-refractivity contribution in [3.8, 4) is 0 Å². The van der Waals surface area contributed by atoms with Crippen molar-refractivity contribution in [1.29, 1.82) is 0 Å². The van der Waals surface area contributed by atoms with Crippen molar-refractivity contribution < 1.29 is 9.53 Å². The Labute approximate surface area is 105 Å². The van der Waals surface area contributed by atoms with Crippen LogP contribution in [0.3, 0.4) is 0 Å². The van der Waals surface area contributed by atoms with Crippen LogP contribution >= 0.6 is 0 Å². The van der Waals surface area contributed by atoms with Crippen LogP contribution in [-0.4, -0.2) is 24.7 Å². The van der Waals surface area contributed by atoms with Gasteiger partial charge in [-0.25, -0.2) is 0 Å². The van der Waals surface area contributed by atoms with Crippen LogP contribution < -0.4 is 5.32 Å². The average molecular weight is 241 g/mol. The van der Waals surface area contributed by atoms with Crippen molar-refractivity contribution in [2.75, 3.05) is 6.61 Å². The molecule has 0 heterocycles. The molecule has 0 saturated heterocycles. The van der Waals surface area contributed by atoms with Gasteiger partial charge in [0.05, 0.1) is 6.61 Å². The zero-order valence-corrected chi connectivity index (χ0v) is 11.5. The molecule has 1 saturated carbocycles. The van der Waals surface area contributed by atoms with Gasteiger partial charge in [-0.05, 0) is 39.0 Å². The molecule has 0 amide bonds. The number of carbonyl (C=O) groups excluding carboxylic acids is 1. The van der Waals surface area contributed by atoms with E-state index >= 15 is 0 Å². The Balaban J connectivity index is 2.43. The van der Waals surface area contributed by atoms with Crippen LogP contribution in [0.4, 0.5) is 0 Å². The SMILES string of the molecule is CCCC(N[C@@H](C)C1CCCC1)C(=O)OCC. The zero-order valence-electron chi connectivity index (χ0n) is 11.5. The largest absolute Gasteiger partial charge is 0.465 e. The van der Waals surface area contributed by atoms with Gasteiger partial charge in [0, 0.05) is 6.04 Å². The maximum Gasteiger partial charge on any atom is 0.323 e. The van der Waals surface area contributed by atoms with E-state index in [0.717, 1.165) is 18.8 Å². The third-order valence-electron chi connectivity index (χ3n) is 3.72. The molecule has 17 heavy (non-hydrogen) atoms. The van der Waals surface area contributed by atoms with Crippen molar-refractivity contribution in [1.82, 2.24) is 5.32 Å². The van der Waals surface area contributed by atoms with Gasteiger partial charge >= 0.3 is 5.97 Å². The molecule has 0 bridgehead atoms. The van der Waals surface area contributed by atoms with Crippen molar-refractivity contribution in [3.05, 3.63) is 0 Å². The Bertz CT molecular complexity index is 224. The molecule has 2 atom stereocenters. The van der Waals surface area contributed by atoms with E-state index in [1.54, 1.807) is 0 Å². The van der Waals surface area contributed by atoms with Crippen LogP contribution in [0, 0.1) is 5.92 Å². The fourth-order valence-electron chi connectivity index (χ4n) is 2.71. The molecule has 1 unspecified atom stereocenters. The highest BCUT2D eigenvalue weighted by Crippen LogP contribution is 2.27. The zero-order chi connectivity index (χ0) is 12.7. The first-order chi connectivity index (χ1) is 8.19. The lowest BCUT2D eigenvalue weighted by molar-refractivity contribution is -0.146. The van der Waals surface area contributed by atoms with Crippen LogP contribution in [0.15, 0.2) is 0 Å². The van der Waals surface area contributed by atoms with Crippen LogP contribution in [0.2, 0.25) is 0 Å². The highest BCUT2D eigenvalue weighted by atomic mass is 16.5. The number of ether oxygens (including phenoxy) is 1. The van der Waals surface area contributed by atoms with E-state index < -0.39 is 0 Å². The third kappa shape index (κ3) is 4.66. The van der Waals surface area contributed by atoms with Gasteiger partial charge in [-0.3, -0.25) is 4.79 Å². The summed E-state index contributed by atoms with van der Waals surface area (Å²) in [6, 6.07) is 0.314. The van der Waals surface area contributed by atoms with E-state index in [1.165, 1.54) is 25.7 Å². The predicted molar refractivity (Wildman–Crippen MR) is 69.9 cm³/mol. The molecule has 1 aliphatic carbocycles. The van der Waals surface area contributed by atoms with Crippen molar-refractivity contribution in [2.24, 2.45) is 5.92 Å². The monoisotopic (exact) mass is 241 g/mol. The van der Waals surface area contributed by atoms with Crippen LogP contribution in [0.1, 0.15) is 59.3 Å². The number of carbonyl (C=O) groups is 1. The molecule has 3 nitrogen and oxygen atoms in total. The standard InChI is InChI=1S/C14H27NO2/c1-4-8-13(14(16)17-5-2)15-11(3)12-9-6-7-10-12/h11-13,15H,4-10H2,1-3H3/t11-,13?/m0/s1. The molecule has 1 N–H and O–H groups in total. The maximum atomic E-state index is 11.8. The molecular formula is C14H27NO2. The van der Waals surface area contributed by atoms with E-state index in [0.29, 0.717) is 12.6 Å². The Morgan fingerprint density at radius 1 is 1.35 bits per heavy atom. The number of hydrogen-bond donors (Lipinski definition) is 1. The topological polar surface area (TPSA) is 38.3 Å². The number of rotatable bonds is 7. The molecule has 0 spiro atoms. The molecule has 0 radical (unpaired) electrons. The van der Waals surface area contributed by atoms with Gasteiger partial charge in [-0.2, -0.15) is 0 Å². The first-order valence-electron chi connectivity index (χ1n) is 7.11. The van der Waals surface area contributed by atoms with Crippen molar-refractivity contribution in [3.63, 3.8) is 0 Å². The van der Waals surface area contributed by atoms with Gasteiger partial charge in [0.25, 0.3) is 0 Å². The van der Waals surface area contributed by atoms with Gasteiger partial charge in [0.1, 0.15) is 6.04 Å². The van der Waals surface area contributed by atoms with Crippen molar-refractivity contribution in [2.45, 2.75) is 71.4 Å². The fraction of sp³-hybridized carbons (Fsp3) is 0.929. The summed E-state index contributed by atoms with van der Waals surface area (Å²) in [5.41, 5.74) is 0. The van der Waals surface area contributed by atoms with Gasteiger partial charge in [0.15, 0.2) is 0 Å². The highest BCUT2D eigenvalue weighted by molar-refractivity contribution is 5.75. The second kappa shape index (κ2) is 7.70. The maximum absolute atomic E-state index is 11.8. The summed E-state index contributed by atoms with van der Waals surface area (Å²) in [5, 5.41) is 3.47.